The van der Waals surface area contributed by atoms with Gasteiger partial charge in [0, 0.05) is 10.0 Å². The van der Waals surface area contributed by atoms with Crippen LogP contribution in [0, 0.1) is 0 Å². The van der Waals surface area contributed by atoms with Gasteiger partial charge in [0.15, 0.2) is 0 Å². The summed E-state index contributed by atoms with van der Waals surface area (Å²) in [4.78, 5) is 0. The third kappa shape index (κ3) is 2.65. The monoisotopic (exact) mass is 266 g/mol. The molecule has 0 fully saturated rings. The molecule has 78 valence electrons. The van der Waals surface area contributed by atoms with Crippen molar-refractivity contribution in [3.8, 4) is 5.75 Å². The van der Waals surface area contributed by atoms with Crippen molar-refractivity contribution < 1.29 is 18.6 Å². The van der Waals surface area contributed by atoms with Crippen molar-refractivity contribution in [1.82, 2.24) is 0 Å². The second-order valence-electron chi connectivity index (χ2n) is 2.71. The van der Waals surface area contributed by atoms with Crippen molar-refractivity contribution in [2.24, 2.45) is 0 Å². The summed E-state index contributed by atoms with van der Waals surface area (Å²) in [6, 6.07) is 4.60. The Hall–Kier alpha value is -0.680. The first-order chi connectivity index (χ1) is 6.52. The predicted molar refractivity (Wildman–Crippen MR) is 51.4 cm³/mol. The van der Waals surface area contributed by atoms with Crippen LogP contribution in [0.2, 0.25) is 0 Å². The molecule has 1 N–H and O–H groups in total. The van der Waals surface area contributed by atoms with Crippen LogP contribution in [-0.2, 0) is 0 Å². The Morgan fingerprint density at radius 2 is 2.07 bits per heavy atom. The number of aliphatic hydroxyl groups excluding tert-OH is 1. The zero-order chi connectivity index (χ0) is 10.7. The molecule has 2 nitrogen and oxygen atoms in total. The van der Waals surface area contributed by atoms with Crippen LogP contribution < -0.4 is 4.74 Å². The molecule has 1 unspecified atom stereocenters. The fourth-order valence-corrected chi connectivity index (χ4v) is 1.80. The van der Waals surface area contributed by atoms with Crippen molar-refractivity contribution in [2.45, 2.75) is 19.6 Å². The van der Waals surface area contributed by atoms with E-state index in [1.807, 2.05) is 0 Å². The Kier molecular flexibility index (Phi) is 3.83. The maximum Gasteiger partial charge on any atom is 0.387 e. The van der Waals surface area contributed by atoms with Crippen LogP contribution >= 0.6 is 15.9 Å². The molecule has 1 aromatic carbocycles. The summed E-state index contributed by atoms with van der Waals surface area (Å²) >= 11 is 3.15. The Bertz CT molecular complexity index is 316. The van der Waals surface area contributed by atoms with E-state index in [1.54, 1.807) is 12.1 Å². The highest BCUT2D eigenvalue weighted by Crippen LogP contribution is 2.32. The van der Waals surface area contributed by atoms with Crippen molar-refractivity contribution in [1.29, 1.82) is 0 Å². The lowest BCUT2D eigenvalue weighted by atomic mass is 10.1. The lowest BCUT2D eigenvalue weighted by molar-refractivity contribution is -0.0514. The molecule has 0 saturated carbocycles. The quantitative estimate of drug-likeness (QED) is 0.911. The lowest BCUT2D eigenvalue weighted by Gasteiger charge is -2.14. The summed E-state index contributed by atoms with van der Waals surface area (Å²) in [5.74, 6) is -0.00984. The second kappa shape index (κ2) is 4.70. The van der Waals surface area contributed by atoms with Gasteiger partial charge in [-0.15, -0.1) is 0 Å². The molecule has 1 rings (SSSR count). The molecular weight excluding hydrogens is 258 g/mol. The number of rotatable bonds is 3. The number of halogens is 3. The highest BCUT2D eigenvalue weighted by molar-refractivity contribution is 9.10. The molecule has 0 aliphatic rings. The number of benzene rings is 1. The van der Waals surface area contributed by atoms with Crippen LogP contribution in [0.3, 0.4) is 0 Å². The molecule has 14 heavy (non-hydrogen) atoms. The summed E-state index contributed by atoms with van der Waals surface area (Å²) in [5.41, 5.74) is 0.327. The van der Waals surface area contributed by atoms with Gasteiger partial charge in [0.1, 0.15) is 5.75 Å². The largest absolute Gasteiger partial charge is 0.434 e. The Morgan fingerprint density at radius 1 is 1.43 bits per heavy atom. The zero-order valence-corrected chi connectivity index (χ0v) is 8.96. The Morgan fingerprint density at radius 3 is 2.57 bits per heavy atom. The van der Waals surface area contributed by atoms with Crippen LogP contribution in [-0.4, -0.2) is 11.7 Å². The van der Waals surface area contributed by atoms with E-state index >= 15 is 0 Å². The van der Waals surface area contributed by atoms with Gasteiger partial charge in [0.05, 0.1) is 6.10 Å². The van der Waals surface area contributed by atoms with Gasteiger partial charge >= 0.3 is 6.61 Å². The minimum absolute atomic E-state index is 0.00984. The van der Waals surface area contributed by atoms with E-state index < -0.39 is 12.7 Å². The van der Waals surface area contributed by atoms with E-state index in [2.05, 4.69) is 20.7 Å². The van der Waals surface area contributed by atoms with E-state index in [4.69, 9.17) is 0 Å². The minimum atomic E-state index is -2.89. The lowest BCUT2D eigenvalue weighted by Crippen LogP contribution is -2.06. The molecule has 5 heteroatoms. The van der Waals surface area contributed by atoms with Crippen LogP contribution in [0.5, 0.6) is 5.75 Å². The Balaban J connectivity index is 3.08. The fraction of sp³-hybridized carbons (Fsp3) is 0.333. The average molecular weight is 267 g/mol. The smallest absolute Gasteiger partial charge is 0.387 e. The molecule has 0 amide bonds. The van der Waals surface area contributed by atoms with Gasteiger partial charge in [-0.05, 0) is 19.1 Å². The molecule has 0 spiro atoms. The molecule has 0 bridgehead atoms. The third-order valence-corrected chi connectivity index (χ3v) is 2.34. The van der Waals surface area contributed by atoms with Crippen LogP contribution in [0.25, 0.3) is 0 Å². The number of hydrogen-bond donors (Lipinski definition) is 1. The molecule has 0 aromatic heterocycles. The molecule has 0 saturated heterocycles. The number of aliphatic hydroxyl groups is 1. The highest BCUT2D eigenvalue weighted by Gasteiger charge is 2.15. The van der Waals surface area contributed by atoms with E-state index in [-0.39, 0.29) is 5.75 Å². The summed E-state index contributed by atoms with van der Waals surface area (Å²) in [5, 5.41) is 9.34. The van der Waals surface area contributed by atoms with Crippen molar-refractivity contribution in [3.63, 3.8) is 0 Å². The van der Waals surface area contributed by atoms with Gasteiger partial charge in [0.25, 0.3) is 0 Å². The zero-order valence-electron chi connectivity index (χ0n) is 7.38. The van der Waals surface area contributed by atoms with Crippen molar-refractivity contribution in [3.05, 3.63) is 28.2 Å². The molecule has 0 aliphatic carbocycles. The molecule has 0 heterocycles. The number of hydrogen-bond acceptors (Lipinski definition) is 2. The predicted octanol–water partition coefficient (Wildman–Crippen LogP) is 3.10. The van der Waals surface area contributed by atoms with Crippen molar-refractivity contribution in [2.75, 3.05) is 0 Å². The molecular formula is C9H9BrF2O2. The number of ether oxygens (including phenoxy) is 1. The highest BCUT2D eigenvalue weighted by atomic mass is 79.9. The minimum Gasteiger partial charge on any atom is -0.434 e. The van der Waals surface area contributed by atoms with E-state index in [0.29, 0.717) is 10.0 Å². The molecule has 0 radical (unpaired) electrons. The summed E-state index contributed by atoms with van der Waals surface area (Å²) in [7, 11) is 0. The second-order valence-corrected chi connectivity index (χ2v) is 3.56. The Labute approximate surface area is 88.6 Å². The first kappa shape index (κ1) is 11.4. The average Bonchev–Trinajstić information content (AvgIpc) is 2.01. The van der Waals surface area contributed by atoms with E-state index in [9.17, 15) is 13.9 Å². The maximum atomic E-state index is 12.0. The van der Waals surface area contributed by atoms with Gasteiger partial charge in [-0.1, -0.05) is 22.0 Å². The van der Waals surface area contributed by atoms with Gasteiger partial charge in [-0.3, -0.25) is 0 Å². The van der Waals surface area contributed by atoms with Gasteiger partial charge in [0.2, 0.25) is 0 Å². The van der Waals surface area contributed by atoms with E-state index in [1.165, 1.54) is 13.0 Å². The fourth-order valence-electron chi connectivity index (χ4n) is 1.12. The summed E-state index contributed by atoms with van der Waals surface area (Å²) in [6.45, 7) is -1.40. The van der Waals surface area contributed by atoms with Gasteiger partial charge < -0.3 is 9.84 Å². The number of alkyl halides is 2. The summed E-state index contributed by atoms with van der Waals surface area (Å²) in [6.07, 6.45) is -0.862. The molecule has 0 aliphatic heterocycles. The SMILES string of the molecule is CC(O)c1c(Br)cccc1OC(F)F. The van der Waals surface area contributed by atoms with Crippen LogP contribution in [0.1, 0.15) is 18.6 Å². The van der Waals surface area contributed by atoms with Crippen LogP contribution in [0.4, 0.5) is 8.78 Å². The third-order valence-electron chi connectivity index (χ3n) is 1.65. The first-order valence-electron chi connectivity index (χ1n) is 3.93. The first-order valence-corrected chi connectivity index (χ1v) is 4.73. The normalized spacial score (nSPS) is 13.0. The standard InChI is InChI=1S/C9H9BrF2O2/c1-5(13)8-6(10)3-2-4-7(8)14-9(11)12/h2-5,9,13H,1H3. The maximum absolute atomic E-state index is 12.0. The topological polar surface area (TPSA) is 29.5 Å². The van der Waals surface area contributed by atoms with Gasteiger partial charge in [-0.2, -0.15) is 8.78 Å². The summed E-state index contributed by atoms with van der Waals surface area (Å²) < 4.78 is 28.8. The van der Waals surface area contributed by atoms with Crippen molar-refractivity contribution >= 4 is 15.9 Å². The molecule has 1 atom stereocenters. The molecule has 1 aromatic rings. The van der Waals surface area contributed by atoms with Gasteiger partial charge in [-0.25, -0.2) is 0 Å². The van der Waals surface area contributed by atoms with Crippen LogP contribution in [0.15, 0.2) is 22.7 Å². The van der Waals surface area contributed by atoms with E-state index in [0.717, 1.165) is 0 Å².